The van der Waals surface area contributed by atoms with Crippen LogP contribution in [0.1, 0.15) is 41.5 Å². The van der Waals surface area contributed by atoms with Crippen LogP contribution in [0, 0.1) is 11.7 Å². The molecule has 5 nitrogen and oxygen atoms in total. The van der Waals surface area contributed by atoms with Gasteiger partial charge >= 0.3 is 0 Å². The van der Waals surface area contributed by atoms with Crippen molar-refractivity contribution in [2.24, 2.45) is 5.92 Å². The summed E-state index contributed by atoms with van der Waals surface area (Å²) in [5.41, 5.74) is 2.19. The molecule has 0 saturated heterocycles. The highest BCUT2D eigenvalue weighted by molar-refractivity contribution is 5.92. The molecular weight excluding hydrogens is 331 g/mol. The van der Waals surface area contributed by atoms with Crippen molar-refractivity contribution in [3.63, 3.8) is 0 Å². The van der Waals surface area contributed by atoms with Gasteiger partial charge in [0.1, 0.15) is 5.82 Å². The van der Waals surface area contributed by atoms with E-state index in [1.54, 1.807) is 23.0 Å². The molecule has 0 spiro atoms. The third-order valence-electron chi connectivity index (χ3n) is 4.14. The van der Waals surface area contributed by atoms with Gasteiger partial charge in [-0.3, -0.25) is 4.79 Å². The zero-order valence-corrected chi connectivity index (χ0v) is 14.8. The molecular formula is C20H21FN4O. The molecule has 26 heavy (non-hydrogen) atoms. The van der Waals surface area contributed by atoms with Crippen molar-refractivity contribution in [1.29, 1.82) is 0 Å². The van der Waals surface area contributed by atoms with Gasteiger partial charge in [-0.15, -0.1) is 5.10 Å². The fraction of sp³-hybridized carbons (Fsp3) is 0.250. The minimum absolute atomic E-state index is 0.142. The standard InChI is InChI=1S/C20H21FN4O/c1-14(2)19(16-8-10-17(21)11-9-16)22-20(26)18-13-25(24-23-18)12-15-6-4-3-5-7-15/h3-11,13-14,19H,12H2,1-2H3,(H,22,26). The maximum atomic E-state index is 13.2. The SMILES string of the molecule is CC(C)C(NC(=O)c1cn(Cc2ccccc2)nn1)c1ccc(F)cc1. The number of nitrogens with one attached hydrogen (secondary N) is 1. The molecule has 0 aliphatic heterocycles. The Morgan fingerprint density at radius 2 is 1.81 bits per heavy atom. The van der Waals surface area contributed by atoms with Crippen molar-refractivity contribution in [3.8, 4) is 0 Å². The molecule has 1 unspecified atom stereocenters. The molecule has 1 heterocycles. The summed E-state index contributed by atoms with van der Waals surface area (Å²) >= 11 is 0. The number of amides is 1. The molecule has 0 saturated carbocycles. The molecule has 0 bridgehead atoms. The van der Waals surface area contributed by atoms with E-state index in [1.807, 2.05) is 44.2 Å². The first-order valence-corrected chi connectivity index (χ1v) is 8.53. The average Bonchev–Trinajstić information content (AvgIpc) is 3.10. The Morgan fingerprint density at radius 1 is 1.12 bits per heavy atom. The van der Waals surface area contributed by atoms with Crippen molar-refractivity contribution in [1.82, 2.24) is 20.3 Å². The summed E-state index contributed by atoms with van der Waals surface area (Å²) in [5.74, 6) is -0.456. The van der Waals surface area contributed by atoms with Gasteiger partial charge < -0.3 is 5.32 Å². The van der Waals surface area contributed by atoms with E-state index in [2.05, 4.69) is 15.6 Å². The van der Waals surface area contributed by atoms with Crippen LogP contribution >= 0.6 is 0 Å². The molecule has 0 fully saturated rings. The number of nitrogens with zero attached hydrogens (tertiary/aromatic N) is 3. The van der Waals surface area contributed by atoms with Crippen LogP contribution in [0.3, 0.4) is 0 Å². The summed E-state index contributed by atoms with van der Waals surface area (Å²) in [7, 11) is 0. The van der Waals surface area contributed by atoms with Crippen LogP contribution in [0.2, 0.25) is 0 Å². The van der Waals surface area contributed by atoms with Crippen molar-refractivity contribution >= 4 is 5.91 Å². The minimum Gasteiger partial charge on any atom is -0.344 e. The van der Waals surface area contributed by atoms with E-state index in [-0.39, 0.29) is 29.4 Å². The van der Waals surface area contributed by atoms with Crippen molar-refractivity contribution in [2.45, 2.75) is 26.4 Å². The Labute approximate surface area is 151 Å². The number of carbonyl (C=O) groups excluding carboxylic acids is 1. The third-order valence-corrected chi connectivity index (χ3v) is 4.14. The van der Waals surface area contributed by atoms with Crippen LogP contribution in [0.25, 0.3) is 0 Å². The van der Waals surface area contributed by atoms with E-state index in [0.717, 1.165) is 11.1 Å². The zero-order chi connectivity index (χ0) is 18.5. The lowest BCUT2D eigenvalue weighted by Gasteiger charge is -2.22. The van der Waals surface area contributed by atoms with Crippen LogP contribution in [0.5, 0.6) is 0 Å². The molecule has 0 aliphatic rings. The first-order valence-electron chi connectivity index (χ1n) is 8.53. The topological polar surface area (TPSA) is 59.8 Å². The molecule has 3 aromatic rings. The zero-order valence-electron chi connectivity index (χ0n) is 14.8. The maximum Gasteiger partial charge on any atom is 0.273 e. The lowest BCUT2D eigenvalue weighted by Crippen LogP contribution is -2.32. The van der Waals surface area contributed by atoms with Crippen molar-refractivity contribution in [2.75, 3.05) is 0 Å². The first-order chi connectivity index (χ1) is 12.5. The Bertz CT molecular complexity index is 859. The normalized spacial score (nSPS) is 12.2. The molecule has 0 radical (unpaired) electrons. The Balaban J connectivity index is 1.71. The summed E-state index contributed by atoms with van der Waals surface area (Å²) in [6.07, 6.45) is 1.63. The fourth-order valence-electron chi connectivity index (χ4n) is 2.77. The Kier molecular flexibility index (Phi) is 5.41. The summed E-state index contributed by atoms with van der Waals surface area (Å²) < 4.78 is 14.8. The number of rotatable bonds is 6. The second-order valence-electron chi connectivity index (χ2n) is 6.53. The van der Waals surface area contributed by atoms with Crippen molar-refractivity contribution in [3.05, 3.63) is 83.4 Å². The fourth-order valence-corrected chi connectivity index (χ4v) is 2.77. The Morgan fingerprint density at radius 3 is 2.46 bits per heavy atom. The maximum absolute atomic E-state index is 13.2. The largest absolute Gasteiger partial charge is 0.344 e. The number of hydrogen-bond acceptors (Lipinski definition) is 3. The predicted molar refractivity (Wildman–Crippen MR) is 97.0 cm³/mol. The highest BCUT2D eigenvalue weighted by atomic mass is 19.1. The van der Waals surface area contributed by atoms with Crippen molar-refractivity contribution < 1.29 is 9.18 Å². The monoisotopic (exact) mass is 352 g/mol. The summed E-state index contributed by atoms with van der Waals surface area (Å²) in [6, 6.07) is 15.8. The second kappa shape index (κ2) is 7.91. The van der Waals surface area contributed by atoms with E-state index >= 15 is 0 Å². The lowest BCUT2D eigenvalue weighted by atomic mass is 9.96. The molecule has 1 N–H and O–H groups in total. The first kappa shape index (κ1) is 17.8. The van der Waals surface area contributed by atoms with Gasteiger partial charge in [0.25, 0.3) is 5.91 Å². The predicted octanol–water partition coefficient (Wildman–Crippen LogP) is 3.59. The van der Waals surface area contributed by atoms with Crippen LogP contribution in [-0.2, 0) is 6.54 Å². The quantitative estimate of drug-likeness (QED) is 0.737. The smallest absolute Gasteiger partial charge is 0.273 e. The van der Waals surface area contributed by atoms with E-state index in [9.17, 15) is 9.18 Å². The van der Waals surface area contributed by atoms with Gasteiger partial charge in [-0.25, -0.2) is 9.07 Å². The number of benzene rings is 2. The summed E-state index contributed by atoms with van der Waals surface area (Å²) in [5, 5.41) is 11.0. The summed E-state index contributed by atoms with van der Waals surface area (Å²) in [6.45, 7) is 4.55. The van der Waals surface area contributed by atoms with Gasteiger partial charge in [-0.2, -0.15) is 0 Å². The van der Waals surface area contributed by atoms with Crippen LogP contribution in [0.15, 0.2) is 60.8 Å². The van der Waals surface area contributed by atoms with E-state index in [0.29, 0.717) is 6.54 Å². The second-order valence-corrected chi connectivity index (χ2v) is 6.53. The molecule has 0 aliphatic carbocycles. The molecule has 6 heteroatoms. The minimum atomic E-state index is -0.300. The molecule has 1 amide bonds. The molecule has 1 aromatic heterocycles. The van der Waals surface area contributed by atoms with Crippen LogP contribution in [0.4, 0.5) is 4.39 Å². The van der Waals surface area contributed by atoms with E-state index in [1.165, 1.54) is 12.1 Å². The van der Waals surface area contributed by atoms with Crippen LogP contribution < -0.4 is 5.32 Å². The lowest BCUT2D eigenvalue weighted by molar-refractivity contribution is 0.0920. The average molecular weight is 352 g/mol. The van der Waals surface area contributed by atoms with Gasteiger partial charge in [-0.1, -0.05) is 61.5 Å². The Hall–Kier alpha value is -3.02. The third kappa shape index (κ3) is 4.33. The number of carbonyl (C=O) groups is 1. The van der Waals surface area contributed by atoms with Crippen LogP contribution in [-0.4, -0.2) is 20.9 Å². The molecule has 2 aromatic carbocycles. The number of aromatic nitrogens is 3. The molecule has 134 valence electrons. The van der Waals surface area contributed by atoms with Gasteiger partial charge in [0.05, 0.1) is 18.8 Å². The number of halogens is 1. The van der Waals surface area contributed by atoms with E-state index in [4.69, 9.17) is 0 Å². The highest BCUT2D eigenvalue weighted by Crippen LogP contribution is 2.22. The highest BCUT2D eigenvalue weighted by Gasteiger charge is 2.21. The summed E-state index contributed by atoms with van der Waals surface area (Å²) in [4.78, 5) is 12.6. The molecule has 3 rings (SSSR count). The molecule has 1 atom stereocenters. The van der Waals surface area contributed by atoms with E-state index < -0.39 is 0 Å². The number of hydrogen-bond donors (Lipinski definition) is 1. The van der Waals surface area contributed by atoms with Gasteiger partial charge in [0.15, 0.2) is 5.69 Å². The van der Waals surface area contributed by atoms with Gasteiger partial charge in [0.2, 0.25) is 0 Å². The van der Waals surface area contributed by atoms with Gasteiger partial charge in [-0.05, 0) is 29.2 Å². The van der Waals surface area contributed by atoms with Gasteiger partial charge in [0, 0.05) is 0 Å².